The Morgan fingerprint density at radius 2 is 2.39 bits per heavy atom. The Balaban J connectivity index is 2.07. The second-order valence-electron chi connectivity index (χ2n) is 3.41. The average molecular weight is 251 g/mol. The summed E-state index contributed by atoms with van der Waals surface area (Å²) in [5.41, 5.74) is 0.0770. The number of carbonyl (C=O) groups excluding carboxylic acids is 1. The van der Waals surface area contributed by atoms with Gasteiger partial charge < -0.3 is 14.6 Å². The Morgan fingerprint density at radius 1 is 1.56 bits per heavy atom. The summed E-state index contributed by atoms with van der Waals surface area (Å²) in [7, 11) is 1.50. The van der Waals surface area contributed by atoms with E-state index in [0.29, 0.717) is 5.76 Å². The average Bonchev–Trinajstić information content (AvgIpc) is 2.78. The Kier molecular flexibility index (Phi) is 3.63. The summed E-state index contributed by atoms with van der Waals surface area (Å²) in [4.78, 5) is 15.2. The predicted molar refractivity (Wildman–Crippen MR) is 59.4 cm³/mol. The van der Waals surface area contributed by atoms with E-state index in [1.54, 1.807) is 0 Å². The van der Waals surface area contributed by atoms with Crippen LogP contribution in [0.3, 0.4) is 0 Å². The highest BCUT2D eigenvalue weighted by Crippen LogP contribution is 2.08. The number of methoxy groups -OCH3 is 1. The van der Waals surface area contributed by atoms with Gasteiger partial charge in [0.2, 0.25) is 5.95 Å². The van der Waals surface area contributed by atoms with Crippen molar-refractivity contribution in [3.05, 3.63) is 41.7 Å². The third-order valence-corrected chi connectivity index (χ3v) is 2.03. The highest BCUT2D eigenvalue weighted by molar-refractivity contribution is 6.02. The fourth-order valence-electron chi connectivity index (χ4n) is 1.29. The lowest BCUT2D eigenvalue weighted by atomic mass is 10.3. The van der Waals surface area contributed by atoms with E-state index in [4.69, 9.17) is 9.26 Å². The van der Waals surface area contributed by atoms with Gasteiger partial charge in [-0.1, -0.05) is 11.2 Å². The number of hydrogen-bond acceptors (Lipinski definition) is 5. The van der Waals surface area contributed by atoms with Gasteiger partial charge in [0.25, 0.3) is 5.91 Å². The molecule has 1 amide bonds. The molecule has 0 aromatic carbocycles. The van der Waals surface area contributed by atoms with E-state index in [-0.39, 0.29) is 18.1 Å². The molecule has 7 heteroatoms. The minimum atomic E-state index is -0.673. The third kappa shape index (κ3) is 2.89. The second kappa shape index (κ2) is 5.37. The number of rotatable bonds is 4. The number of nitrogens with one attached hydrogen (secondary N) is 1. The summed E-state index contributed by atoms with van der Waals surface area (Å²) in [6.45, 7) is 0.221. The molecule has 0 unspecified atom stereocenters. The second-order valence-corrected chi connectivity index (χ2v) is 3.41. The van der Waals surface area contributed by atoms with Crippen LogP contribution >= 0.6 is 0 Å². The van der Waals surface area contributed by atoms with Crippen LogP contribution in [0.4, 0.5) is 10.2 Å². The molecule has 1 N–H and O–H groups in total. The molecule has 18 heavy (non-hydrogen) atoms. The van der Waals surface area contributed by atoms with Crippen molar-refractivity contribution < 1.29 is 18.4 Å². The van der Waals surface area contributed by atoms with Crippen LogP contribution in [0.5, 0.6) is 0 Å². The van der Waals surface area contributed by atoms with E-state index in [1.807, 2.05) is 0 Å². The Bertz CT molecular complexity index is 556. The maximum Gasteiger partial charge on any atom is 0.279 e. The largest absolute Gasteiger partial charge is 0.377 e. The van der Waals surface area contributed by atoms with Crippen LogP contribution in [0.2, 0.25) is 0 Å². The van der Waals surface area contributed by atoms with E-state index in [9.17, 15) is 9.18 Å². The van der Waals surface area contributed by atoms with Gasteiger partial charge in [0.1, 0.15) is 12.4 Å². The number of hydrogen-bond donors (Lipinski definition) is 1. The molecular weight excluding hydrogens is 241 g/mol. The molecule has 0 saturated heterocycles. The zero-order chi connectivity index (χ0) is 13.0. The monoisotopic (exact) mass is 251 g/mol. The van der Waals surface area contributed by atoms with Gasteiger partial charge in [-0.2, -0.15) is 4.39 Å². The summed E-state index contributed by atoms with van der Waals surface area (Å²) in [6.07, 6.45) is 0. The first-order chi connectivity index (χ1) is 8.69. The molecule has 94 valence electrons. The van der Waals surface area contributed by atoms with E-state index in [1.165, 1.54) is 31.4 Å². The van der Waals surface area contributed by atoms with Gasteiger partial charge in [-0.15, -0.1) is 0 Å². The van der Waals surface area contributed by atoms with Crippen LogP contribution < -0.4 is 5.32 Å². The number of ether oxygens (including phenoxy) is 1. The summed E-state index contributed by atoms with van der Waals surface area (Å²) >= 11 is 0. The maximum atomic E-state index is 12.8. The fraction of sp³-hybridized carbons (Fsp3) is 0.182. The zero-order valence-corrected chi connectivity index (χ0v) is 9.51. The predicted octanol–water partition coefficient (Wildman–Crippen LogP) is 1.61. The SMILES string of the molecule is COCc1cc(C(=O)Nc2cccc(F)n2)no1. The zero-order valence-electron chi connectivity index (χ0n) is 9.51. The Hall–Kier alpha value is -2.28. The standard InChI is InChI=1S/C11H10FN3O3/c1-17-6-7-5-8(15-18-7)11(16)14-10-4-2-3-9(12)13-10/h2-5H,6H2,1H3,(H,13,14,16). The first-order valence-corrected chi connectivity index (χ1v) is 5.07. The number of amides is 1. The molecule has 0 fully saturated rings. The van der Waals surface area contributed by atoms with E-state index in [2.05, 4.69) is 15.5 Å². The minimum absolute atomic E-state index is 0.0770. The number of carbonyl (C=O) groups is 1. The lowest BCUT2D eigenvalue weighted by molar-refractivity contribution is 0.101. The summed E-state index contributed by atoms with van der Waals surface area (Å²) in [6, 6.07) is 5.54. The van der Waals surface area contributed by atoms with Crippen molar-refractivity contribution in [2.75, 3.05) is 12.4 Å². The molecule has 2 aromatic heterocycles. The molecule has 2 aromatic rings. The first kappa shape index (κ1) is 12.2. The molecular formula is C11H10FN3O3. The topological polar surface area (TPSA) is 77.2 Å². The van der Waals surface area contributed by atoms with Crippen molar-refractivity contribution in [2.24, 2.45) is 0 Å². The highest BCUT2D eigenvalue weighted by Gasteiger charge is 2.13. The molecule has 0 bridgehead atoms. The quantitative estimate of drug-likeness (QED) is 0.835. The summed E-state index contributed by atoms with van der Waals surface area (Å²) < 4.78 is 22.5. The Morgan fingerprint density at radius 3 is 3.11 bits per heavy atom. The number of aromatic nitrogens is 2. The lowest BCUT2D eigenvalue weighted by Gasteiger charge is -2.00. The first-order valence-electron chi connectivity index (χ1n) is 5.07. The van der Waals surface area contributed by atoms with Gasteiger partial charge in [0.15, 0.2) is 11.5 Å². The van der Waals surface area contributed by atoms with Crippen LogP contribution in [0, 0.1) is 5.95 Å². The van der Waals surface area contributed by atoms with Crippen molar-refractivity contribution in [2.45, 2.75) is 6.61 Å². The van der Waals surface area contributed by atoms with Crippen molar-refractivity contribution >= 4 is 11.7 Å². The fourth-order valence-corrected chi connectivity index (χ4v) is 1.29. The van der Waals surface area contributed by atoms with E-state index < -0.39 is 11.9 Å². The van der Waals surface area contributed by atoms with Crippen LogP contribution in [-0.4, -0.2) is 23.2 Å². The molecule has 0 saturated carbocycles. The molecule has 2 rings (SSSR count). The number of pyridine rings is 1. The normalized spacial score (nSPS) is 10.3. The van der Waals surface area contributed by atoms with Crippen molar-refractivity contribution in [1.82, 2.24) is 10.1 Å². The van der Waals surface area contributed by atoms with Gasteiger partial charge >= 0.3 is 0 Å². The molecule has 0 aliphatic carbocycles. The lowest BCUT2D eigenvalue weighted by Crippen LogP contribution is -2.13. The van der Waals surface area contributed by atoms with Gasteiger partial charge in [0, 0.05) is 13.2 Å². The van der Waals surface area contributed by atoms with Gasteiger partial charge in [-0.25, -0.2) is 4.98 Å². The maximum absolute atomic E-state index is 12.8. The van der Waals surface area contributed by atoms with Crippen molar-refractivity contribution in [3.8, 4) is 0 Å². The highest BCUT2D eigenvalue weighted by atomic mass is 19.1. The number of anilines is 1. The molecule has 0 aliphatic rings. The minimum Gasteiger partial charge on any atom is -0.377 e. The summed E-state index contributed by atoms with van der Waals surface area (Å²) in [5.74, 6) is -0.668. The molecule has 0 atom stereocenters. The molecule has 0 spiro atoms. The van der Waals surface area contributed by atoms with Crippen LogP contribution in [-0.2, 0) is 11.3 Å². The van der Waals surface area contributed by atoms with Crippen LogP contribution in [0.25, 0.3) is 0 Å². The van der Waals surface area contributed by atoms with E-state index in [0.717, 1.165) is 0 Å². The summed E-state index contributed by atoms with van der Waals surface area (Å²) in [5, 5.41) is 5.97. The number of nitrogens with zero attached hydrogens (tertiary/aromatic N) is 2. The van der Waals surface area contributed by atoms with Crippen LogP contribution in [0.15, 0.2) is 28.8 Å². The van der Waals surface area contributed by atoms with E-state index >= 15 is 0 Å². The number of halogens is 1. The molecule has 0 radical (unpaired) electrons. The molecule has 0 aliphatic heterocycles. The van der Waals surface area contributed by atoms with Gasteiger partial charge in [0.05, 0.1) is 0 Å². The van der Waals surface area contributed by atoms with Gasteiger partial charge in [-0.3, -0.25) is 4.79 Å². The van der Waals surface area contributed by atoms with Crippen molar-refractivity contribution in [1.29, 1.82) is 0 Å². The third-order valence-electron chi connectivity index (χ3n) is 2.03. The molecule has 2 heterocycles. The molecule has 6 nitrogen and oxygen atoms in total. The Labute approximate surface area is 102 Å². The van der Waals surface area contributed by atoms with Crippen LogP contribution in [0.1, 0.15) is 16.2 Å². The van der Waals surface area contributed by atoms with Gasteiger partial charge in [-0.05, 0) is 12.1 Å². The smallest absolute Gasteiger partial charge is 0.279 e. The van der Waals surface area contributed by atoms with Crippen molar-refractivity contribution in [3.63, 3.8) is 0 Å².